The highest BCUT2D eigenvalue weighted by atomic mass is 35.5. The van der Waals surface area contributed by atoms with Crippen molar-refractivity contribution in [3.05, 3.63) is 28.2 Å². The first kappa shape index (κ1) is 16.1. The molecule has 0 spiro atoms. The third kappa shape index (κ3) is 4.59. The van der Waals surface area contributed by atoms with Gasteiger partial charge in [-0.1, -0.05) is 23.2 Å². The van der Waals surface area contributed by atoms with Gasteiger partial charge in [0, 0.05) is 11.1 Å². The second-order valence-electron chi connectivity index (χ2n) is 5.06. The summed E-state index contributed by atoms with van der Waals surface area (Å²) >= 11 is 11.7. The standard InChI is InChI=1S/C14H16Cl2N2O3/c15-8-1-6-11(16)12(7-8)18-14(21)13(20)17-9-2-4-10(19)5-3-9/h1,6-7,9-10,19H,2-5H2,(H,17,20)(H,18,21). The number of anilines is 1. The van der Waals surface area contributed by atoms with Crippen molar-refractivity contribution < 1.29 is 14.7 Å². The Morgan fingerprint density at radius 3 is 2.43 bits per heavy atom. The Labute approximate surface area is 132 Å². The first-order valence-electron chi connectivity index (χ1n) is 6.70. The van der Waals surface area contributed by atoms with Crippen molar-refractivity contribution in [2.45, 2.75) is 37.8 Å². The molecule has 0 aliphatic heterocycles. The van der Waals surface area contributed by atoms with Crippen LogP contribution in [0.5, 0.6) is 0 Å². The maximum Gasteiger partial charge on any atom is 0.313 e. The molecule has 0 unspecified atom stereocenters. The van der Waals surface area contributed by atoms with Gasteiger partial charge in [-0.2, -0.15) is 0 Å². The number of amides is 2. The fourth-order valence-electron chi connectivity index (χ4n) is 2.24. The number of rotatable bonds is 2. The van der Waals surface area contributed by atoms with Gasteiger partial charge in [0.1, 0.15) is 0 Å². The molecule has 7 heteroatoms. The van der Waals surface area contributed by atoms with E-state index in [1.165, 1.54) is 6.07 Å². The van der Waals surface area contributed by atoms with Crippen molar-refractivity contribution in [2.75, 3.05) is 5.32 Å². The van der Waals surface area contributed by atoms with E-state index >= 15 is 0 Å². The molecule has 0 saturated heterocycles. The average molecular weight is 331 g/mol. The minimum Gasteiger partial charge on any atom is -0.393 e. The largest absolute Gasteiger partial charge is 0.393 e. The predicted octanol–water partition coefficient (Wildman–Crippen LogP) is 2.35. The van der Waals surface area contributed by atoms with Crippen molar-refractivity contribution >= 4 is 40.7 Å². The molecule has 3 N–H and O–H groups in total. The van der Waals surface area contributed by atoms with Gasteiger partial charge < -0.3 is 15.7 Å². The highest BCUT2D eigenvalue weighted by Gasteiger charge is 2.23. The third-order valence-corrected chi connectivity index (χ3v) is 3.98. The van der Waals surface area contributed by atoms with Crippen molar-refractivity contribution in [1.82, 2.24) is 5.32 Å². The summed E-state index contributed by atoms with van der Waals surface area (Å²) in [6.07, 6.45) is 2.28. The topological polar surface area (TPSA) is 78.4 Å². The van der Waals surface area contributed by atoms with Crippen LogP contribution in [0.25, 0.3) is 0 Å². The molecule has 0 bridgehead atoms. The quantitative estimate of drug-likeness (QED) is 0.728. The van der Waals surface area contributed by atoms with Crippen LogP contribution in [-0.4, -0.2) is 29.1 Å². The van der Waals surface area contributed by atoms with E-state index < -0.39 is 11.8 Å². The van der Waals surface area contributed by atoms with Crippen LogP contribution in [0.3, 0.4) is 0 Å². The Bertz CT molecular complexity index is 543. The van der Waals surface area contributed by atoms with E-state index in [2.05, 4.69) is 10.6 Å². The predicted molar refractivity (Wildman–Crippen MR) is 81.5 cm³/mol. The van der Waals surface area contributed by atoms with Gasteiger partial charge in [-0.25, -0.2) is 0 Å². The lowest BCUT2D eigenvalue weighted by Gasteiger charge is -2.25. The number of hydrogen-bond acceptors (Lipinski definition) is 3. The second-order valence-corrected chi connectivity index (χ2v) is 5.90. The smallest absolute Gasteiger partial charge is 0.313 e. The average Bonchev–Trinajstić information content (AvgIpc) is 2.45. The van der Waals surface area contributed by atoms with E-state index in [0.29, 0.717) is 41.4 Å². The maximum absolute atomic E-state index is 11.8. The summed E-state index contributed by atoms with van der Waals surface area (Å²) in [4.78, 5) is 23.7. The molecular weight excluding hydrogens is 315 g/mol. The lowest BCUT2D eigenvalue weighted by molar-refractivity contribution is -0.136. The summed E-state index contributed by atoms with van der Waals surface area (Å²) in [6, 6.07) is 4.53. The van der Waals surface area contributed by atoms with Crippen LogP contribution in [0.1, 0.15) is 25.7 Å². The van der Waals surface area contributed by atoms with Crippen molar-refractivity contribution in [2.24, 2.45) is 0 Å². The van der Waals surface area contributed by atoms with Crippen LogP contribution >= 0.6 is 23.2 Å². The molecule has 0 atom stereocenters. The van der Waals surface area contributed by atoms with Gasteiger partial charge in [0.25, 0.3) is 0 Å². The van der Waals surface area contributed by atoms with E-state index in [0.717, 1.165) is 0 Å². The summed E-state index contributed by atoms with van der Waals surface area (Å²) in [7, 11) is 0. The number of aliphatic hydroxyl groups is 1. The molecule has 2 amide bonds. The molecule has 1 aliphatic carbocycles. The summed E-state index contributed by atoms with van der Waals surface area (Å²) in [5.74, 6) is -1.50. The zero-order chi connectivity index (χ0) is 15.4. The van der Waals surface area contributed by atoms with Gasteiger partial charge in [-0.3, -0.25) is 9.59 Å². The number of benzene rings is 1. The maximum atomic E-state index is 11.8. The molecule has 0 radical (unpaired) electrons. The molecule has 1 aromatic carbocycles. The molecule has 114 valence electrons. The van der Waals surface area contributed by atoms with Crippen LogP contribution in [0.4, 0.5) is 5.69 Å². The second kappa shape index (κ2) is 7.11. The Morgan fingerprint density at radius 2 is 1.76 bits per heavy atom. The molecule has 1 aliphatic rings. The van der Waals surface area contributed by atoms with Gasteiger partial charge >= 0.3 is 11.8 Å². The van der Waals surface area contributed by atoms with Crippen molar-refractivity contribution in [3.8, 4) is 0 Å². The lowest BCUT2D eigenvalue weighted by atomic mass is 9.93. The van der Waals surface area contributed by atoms with E-state index in [-0.39, 0.29) is 12.1 Å². The zero-order valence-corrected chi connectivity index (χ0v) is 12.7. The first-order valence-corrected chi connectivity index (χ1v) is 7.46. The summed E-state index contributed by atoms with van der Waals surface area (Å²) in [5.41, 5.74) is 0.295. The molecular formula is C14H16Cl2N2O3. The molecule has 5 nitrogen and oxygen atoms in total. The number of hydrogen-bond donors (Lipinski definition) is 3. The Balaban J connectivity index is 1.90. The monoisotopic (exact) mass is 330 g/mol. The fourth-order valence-corrected chi connectivity index (χ4v) is 2.58. The molecule has 1 saturated carbocycles. The molecule has 0 heterocycles. The highest BCUT2D eigenvalue weighted by Crippen LogP contribution is 2.25. The van der Waals surface area contributed by atoms with Crippen LogP contribution < -0.4 is 10.6 Å². The Morgan fingerprint density at radius 1 is 1.10 bits per heavy atom. The van der Waals surface area contributed by atoms with Gasteiger partial charge in [-0.05, 0) is 43.9 Å². The van der Waals surface area contributed by atoms with Gasteiger partial charge in [0.15, 0.2) is 0 Å². The molecule has 0 aromatic heterocycles. The van der Waals surface area contributed by atoms with Crippen LogP contribution in [0.2, 0.25) is 10.0 Å². The van der Waals surface area contributed by atoms with Crippen LogP contribution in [-0.2, 0) is 9.59 Å². The van der Waals surface area contributed by atoms with Crippen molar-refractivity contribution in [1.29, 1.82) is 0 Å². The van der Waals surface area contributed by atoms with E-state index in [9.17, 15) is 14.7 Å². The highest BCUT2D eigenvalue weighted by molar-refractivity contribution is 6.42. The summed E-state index contributed by atoms with van der Waals surface area (Å²) in [6.45, 7) is 0. The number of aliphatic hydroxyl groups excluding tert-OH is 1. The number of halogens is 2. The normalized spacial score (nSPS) is 21.7. The minimum absolute atomic E-state index is 0.0820. The van der Waals surface area contributed by atoms with Gasteiger partial charge in [0.05, 0.1) is 16.8 Å². The lowest BCUT2D eigenvalue weighted by Crippen LogP contribution is -2.43. The summed E-state index contributed by atoms with van der Waals surface area (Å²) < 4.78 is 0. The molecule has 1 fully saturated rings. The van der Waals surface area contributed by atoms with Gasteiger partial charge in [0.2, 0.25) is 0 Å². The zero-order valence-electron chi connectivity index (χ0n) is 11.2. The number of carbonyl (C=O) groups excluding carboxylic acids is 2. The van der Waals surface area contributed by atoms with E-state index in [4.69, 9.17) is 23.2 Å². The van der Waals surface area contributed by atoms with Crippen LogP contribution in [0.15, 0.2) is 18.2 Å². The van der Waals surface area contributed by atoms with Crippen molar-refractivity contribution in [3.63, 3.8) is 0 Å². The van der Waals surface area contributed by atoms with Gasteiger partial charge in [-0.15, -0.1) is 0 Å². The fraction of sp³-hybridized carbons (Fsp3) is 0.429. The van der Waals surface area contributed by atoms with Crippen LogP contribution in [0, 0.1) is 0 Å². The minimum atomic E-state index is -0.787. The molecule has 21 heavy (non-hydrogen) atoms. The molecule has 1 aromatic rings. The summed E-state index contributed by atoms with van der Waals surface area (Å²) in [5, 5.41) is 15.2. The Kier molecular flexibility index (Phi) is 5.45. The first-order chi connectivity index (χ1) is 9.95. The SMILES string of the molecule is O=C(Nc1cc(Cl)ccc1Cl)C(=O)NC1CCC(O)CC1. The Hall–Kier alpha value is -1.30. The number of carbonyl (C=O) groups is 2. The number of nitrogens with one attached hydrogen (secondary N) is 2. The third-order valence-electron chi connectivity index (χ3n) is 3.41. The van der Waals surface area contributed by atoms with E-state index in [1.54, 1.807) is 12.1 Å². The molecule has 2 rings (SSSR count). The van der Waals surface area contributed by atoms with E-state index in [1.807, 2.05) is 0 Å².